The van der Waals surface area contributed by atoms with E-state index in [4.69, 9.17) is 10.5 Å². The summed E-state index contributed by atoms with van der Waals surface area (Å²) in [4.78, 5) is 22.4. The van der Waals surface area contributed by atoms with Crippen molar-refractivity contribution in [2.24, 2.45) is 5.73 Å². The highest BCUT2D eigenvalue weighted by Gasteiger charge is 2.21. The van der Waals surface area contributed by atoms with Gasteiger partial charge in [0.2, 0.25) is 5.91 Å². The molecule has 0 bridgehead atoms. The second-order valence-corrected chi connectivity index (χ2v) is 3.11. The molecule has 14 heavy (non-hydrogen) atoms. The van der Waals surface area contributed by atoms with Crippen molar-refractivity contribution in [3.05, 3.63) is 34.9 Å². The van der Waals surface area contributed by atoms with E-state index in [2.05, 4.69) is 0 Å². The zero-order valence-electron chi connectivity index (χ0n) is 7.45. The van der Waals surface area contributed by atoms with Crippen LogP contribution < -0.4 is 5.73 Å². The summed E-state index contributed by atoms with van der Waals surface area (Å²) in [6, 6.07) is 4.94. The van der Waals surface area contributed by atoms with Gasteiger partial charge in [0.15, 0.2) is 5.78 Å². The number of fused-ring (bicyclic) bond motifs is 1. The highest BCUT2D eigenvalue weighted by atomic mass is 16.5. The predicted molar refractivity (Wildman–Crippen MR) is 48.9 cm³/mol. The van der Waals surface area contributed by atoms with E-state index in [1.807, 2.05) is 0 Å². The number of rotatable bonds is 1. The predicted octanol–water partition coefficient (Wildman–Crippen LogP) is 0.498. The standard InChI is InChI=1S/C10H9NO3/c11-10(13)7-3-1-2-6-8(7)4-14-5-9(6)12/h1-3H,4-5H2,(H2,11,13). The molecule has 0 aromatic heterocycles. The van der Waals surface area contributed by atoms with Crippen LogP contribution in [0.1, 0.15) is 26.3 Å². The molecule has 1 aromatic rings. The molecule has 0 unspecified atom stereocenters. The fourth-order valence-electron chi connectivity index (χ4n) is 1.56. The third-order valence-electron chi connectivity index (χ3n) is 2.22. The lowest BCUT2D eigenvalue weighted by Crippen LogP contribution is -2.23. The van der Waals surface area contributed by atoms with Crippen molar-refractivity contribution in [1.29, 1.82) is 0 Å². The second-order valence-electron chi connectivity index (χ2n) is 3.11. The molecule has 2 rings (SSSR count). The summed E-state index contributed by atoms with van der Waals surface area (Å²) in [6.45, 7) is 0.357. The van der Waals surface area contributed by atoms with Gasteiger partial charge in [0, 0.05) is 16.7 Å². The minimum Gasteiger partial charge on any atom is -0.369 e. The van der Waals surface area contributed by atoms with E-state index in [0.717, 1.165) is 0 Å². The molecular weight excluding hydrogens is 182 g/mol. The first-order valence-corrected chi connectivity index (χ1v) is 4.23. The lowest BCUT2D eigenvalue weighted by atomic mass is 9.97. The molecule has 0 aliphatic carbocycles. The summed E-state index contributed by atoms with van der Waals surface area (Å²) in [5, 5.41) is 0. The Hall–Kier alpha value is -1.68. The maximum atomic E-state index is 11.4. The Labute approximate surface area is 80.7 Å². The number of carbonyl (C=O) groups excluding carboxylic acids is 2. The molecule has 0 saturated heterocycles. The molecule has 1 aliphatic rings. The number of ether oxygens (including phenoxy) is 1. The topological polar surface area (TPSA) is 69.4 Å². The van der Waals surface area contributed by atoms with Crippen LogP contribution in [-0.2, 0) is 11.3 Å². The molecule has 1 heterocycles. The highest BCUT2D eigenvalue weighted by molar-refractivity contribution is 6.03. The average molecular weight is 191 g/mol. The van der Waals surface area contributed by atoms with Crippen LogP contribution >= 0.6 is 0 Å². The van der Waals surface area contributed by atoms with Crippen molar-refractivity contribution in [3.8, 4) is 0 Å². The molecule has 72 valence electrons. The van der Waals surface area contributed by atoms with Gasteiger partial charge >= 0.3 is 0 Å². The van der Waals surface area contributed by atoms with E-state index in [1.54, 1.807) is 18.2 Å². The van der Waals surface area contributed by atoms with Crippen LogP contribution in [0.15, 0.2) is 18.2 Å². The SMILES string of the molecule is NC(=O)c1cccc2c1COCC2=O. The Morgan fingerprint density at radius 3 is 2.86 bits per heavy atom. The maximum absolute atomic E-state index is 11.4. The number of ketones is 1. The van der Waals surface area contributed by atoms with E-state index >= 15 is 0 Å². The number of Topliss-reactive ketones (excluding diaryl/α,β-unsaturated/α-hetero) is 1. The highest BCUT2D eigenvalue weighted by Crippen LogP contribution is 2.20. The summed E-state index contributed by atoms with van der Waals surface area (Å²) < 4.78 is 5.04. The Kier molecular flexibility index (Phi) is 2.05. The van der Waals surface area contributed by atoms with Crippen molar-refractivity contribution in [3.63, 3.8) is 0 Å². The first-order chi connectivity index (χ1) is 6.70. The Morgan fingerprint density at radius 2 is 2.14 bits per heavy atom. The molecule has 2 N–H and O–H groups in total. The van der Waals surface area contributed by atoms with Crippen molar-refractivity contribution >= 4 is 11.7 Å². The first kappa shape index (κ1) is 8.90. The first-order valence-electron chi connectivity index (χ1n) is 4.23. The second kappa shape index (κ2) is 3.23. The number of benzene rings is 1. The molecule has 1 aliphatic heterocycles. The number of amides is 1. The Morgan fingerprint density at radius 1 is 1.36 bits per heavy atom. The van der Waals surface area contributed by atoms with Gasteiger partial charge in [0.05, 0.1) is 6.61 Å². The minimum atomic E-state index is -0.528. The lowest BCUT2D eigenvalue weighted by Gasteiger charge is -2.17. The molecule has 0 fully saturated rings. The van der Waals surface area contributed by atoms with Crippen LogP contribution in [0.25, 0.3) is 0 Å². The van der Waals surface area contributed by atoms with Crippen LogP contribution in [0.5, 0.6) is 0 Å². The van der Waals surface area contributed by atoms with E-state index < -0.39 is 5.91 Å². The largest absolute Gasteiger partial charge is 0.369 e. The fraction of sp³-hybridized carbons (Fsp3) is 0.200. The Bertz CT molecular complexity index is 398. The van der Waals surface area contributed by atoms with Gasteiger partial charge in [0.1, 0.15) is 6.61 Å². The maximum Gasteiger partial charge on any atom is 0.249 e. The third kappa shape index (κ3) is 1.29. The van der Waals surface area contributed by atoms with Crippen LogP contribution in [0.3, 0.4) is 0 Å². The number of carbonyl (C=O) groups is 2. The molecule has 0 radical (unpaired) electrons. The molecular formula is C10H9NO3. The van der Waals surface area contributed by atoms with Gasteiger partial charge < -0.3 is 10.5 Å². The monoisotopic (exact) mass is 191 g/mol. The van der Waals surface area contributed by atoms with Gasteiger partial charge in [0.25, 0.3) is 0 Å². The molecule has 1 aromatic carbocycles. The van der Waals surface area contributed by atoms with Crippen LogP contribution in [-0.4, -0.2) is 18.3 Å². The van der Waals surface area contributed by atoms with Crippen LogP contribution in [0.4, 0.5) is 0 Å². The van der Waals surface area contributed by atoms with Crippen molar-refractivity contribution in [1.82, 2.24) is 0 Å². The van der Waals surface area contributed by atoms with Crippen LogP contribution in [0, 0.1) is 0 Å². The average Bonchev–Trinajstić information content (AvgIpc) is 2.17. The zero-order valence-corrected chi connectivity index (χ0v) is 7.45. The van der Waals surface area contributed by atoms with Gasteiger partial charge in [-0.3, -0.25) is 9.59 Å². The van der Waals surface area contributed by atoms with Crippen molar-refractivity contribution in [2.45, 2.75) is 6.61 Å². The van der Waals surface area contributed by atoms with E-state index in [1.165, 1.54) is 0 Å². The minimum absolute atomic E-state index is 0.0786. The van der Waals surface area contributed by atoms with Gasteiger partial charge in [-0.2, -0.15) is 0 Å². The normalized spacial score (nSPS) is 15.0. The van der Waals surface area contributed by atoms with Crippen LogP contribution in [0.2, 0.25) is 0 Å². The van der Waals surface area contributed by atoms with Gasteiger partial charge in [-0.1, -0.05) is 12.1 Å². The number of nitrogens with two attached hydrogens (primary N) is 1. The smallest absolute Gasteiger partial charge is 0.249 e. The summed E-state index contributed by atoms with van der Waals surface area (Å²) in [6.07, 6.45) is 0. The summed E-state index contributed by atoms with van der Waals surface area (Å²) in [5.74, 6) is -0.630. The molecule has 4 heteroatoms. The summed E-state index contributed by atoms with van der Waals surface area (Å²) in [7, 11) is 0. The molecule has 4 nitrogen and oxygen atoms in total. The van der Waals surface area contributed by atoms with E-state index in [9.17, 15) is 9.59 Å². The van der Waals surface area contributed by atoms with Gasteiger partial charge in [-0.25, -0.2) is 0 Å². The number of primary amides is 1. The molecule has 0 atom stereocenters. The third-order valence-corrected chi connectivity index (χ3v) is 2.22. The summed E-state index contributed by atoms with van der Waals surface area (Å²) in [5.41, 5.74) is 6.70. The lowest BCUT2D eigenvalue weighted by molar-refractivity contribution is 0.0662. The number of hydrogen-bond donors (Lipinski definition) is 1. The van der Waals surface area contributed by atoms with Crippen molar-refractivity contribution in [2.75, 3.05) is 6.61 Å². The Balaban J connectivity index is 2.60. The van der Waals surface area contributed by atoms with E-state index in [0.29, 0.717) is 16.7 Å². The number of hydrogen-bond acceptors (Lipinski definition) is 3. The quantitative estimate of drug-likeness (QED) is 0.702. The van der Waals surface area contributed by atoms with Gasteiger partial charge in [-0.05, 0) is 6.07 Å². The van der Waals surface area contributed by atoms with E-state index in [-0.39, 0.29) is 19.0 Å². The van der Waals surface area contributed by atoms with Crippen molar-refractivity contribution < 1.29 is 14.3 Å². The fourth-order valence-corrected chi connectivity index (χ4v) is 1.56. The molecule has 0 spiro atoms. The zero-order chi connectivity index (χ0) is 10.1. The van der Waals surface area contributed by atoms with Gasteiger partial charge in [-0.15, -0.1) is 0 Å². The molecule has 0 saturated carbocycles. The summed E-state index contributed by atoms with van der Waals surface area (Å²) >= 11 is 0. The molecule has 1 amide bonds.